The van der Waals surface area contributed by atoms with E-state index >= 15 is 0 Å². The van der Waals surface area contributed by atoms with Crippen LogP contribution in [0.1, 0.15) is 54.4 Å². The molecule has 0 spiro atoms. The minimum absolute atomic E-state index is 0.101. The van der Waals surface area contributed by atoms with Gasteiger partial charge < -0.3 is 10.6 Å². The summed E-state index contributed by atoms with van der Waals surface area (Å²) in [5.41, 5.74) is 0. The Kier molecular flexibility index (Phi) is 8.23. The minimum atomic E-state index is -0.101. The van der Waals surface area contributed by atoms with Crippen molar-refractivity contribution in [3.05, 3.63) is 0 Å². The molecule has 0 radical (unpaired) electrons. The van der Waals surface area contributed by atoms with Gasteiger partial charge in [-0.3, -0.25) is 4.79 Å². The van der Waals surface area contributed by atoms with Gasteiger partial charge >= 0.3 is 0 Å². The second-order valence-corrected chi connectivity index (χ2v) is 5.90. The van der Waals surface area contributed by atoms with Crippen molar-refractivity contribution >= 4 is 5.91 Å². The van der Waals surface area contributed by atoms with Gasteiger partial charge in [0.1, 0.15) is 0 Å². The monoisotopic (exact) mass is 242 g/mol. The highest BCUT2D eigenvalue weighted by Crippen LogP contribution is 2.06. The maximum absolute atomic E-state index is 11.7. The molecule has 0 bridgehead atoms. The Bertz CT molecular complexity index is 214. The van der Waals surface area contributed by atoms with E-state index in [0.717, 1.165) is 18.9 Å². The van der Waals surface area contributed by atoms with Crippen LogP contribution < -0.4 is 10.6 Å². The standard InChI is InChI=1S/C14H30N2O/c1-10(2)7-8-12(5)16-13(6)14(17)15-9-11(3)4/h10-13,16H,7-9H2,1-6H3,(H,15,17). The predicted octanol–water partition coefficient (Wildman–Crippen LogP) is 2.56. The molecular weight excluding hydrogens is 212 g/mol. The summed E-state index contributed by atoms with van der Waals surface area (Å²) < 4.78 is 0. The third-order valence-corrected chi connectivity index (χ3v) is 2.79. The van der Waals surface area contributed by atoms with Crippen LogP contribution in [0.25, 0.3) is 0 Å². The zero-order valence-corrected chi connectivity index (χ0v) is 12.3. The summed E-state index contributed by atoms with van der Waals surface area (Å²) in [7, 11) is 0. The Morgan fingerprint density at radius 1 is 0.941 bits per heavy atom. The maximum atomic E-state index is 11.7. The van der Waals surface area contributed by atoms with Crippen LogP contribution >= 0.6 is 0 Å². The van der Waals surface area contributed by atoms with Crippen LogP contribution in [0, 0.1) is 11.8 Å². The molecule has 102 valence electrons. The molecule has 0 aromatic heterocycles. The van der Waals surface area contributed by atoms with Crippen LogP contribution in [-0.2, 0) is 4.79 Å². The quantitative estimate of drug-likeness (QED) is 0.687. The molecule has 17 heavy (non-hydrogen) atoms. The normalized spacial score (nSPS) is 15.1. The highest BCUT2D eigenvalue weighted by atomic mass is 16.2. The molecule has 0 heterocycles. The number of nitrogens with one attached hydrogen (secondary N) is 2. The largest absolute Gasteiger partial charge is 0.354 e. The molecule has 3 heteroatoms. The molecule has 2 unspecified atom stereocenters. The molecule has 0 fully saturated rings. The Morgan fingerprint density at radius 3 is 2.00 bits per heavy atom. The van der Waals surface area contributed by atoms with Crippen LogP contribution in [0.4, 0.5) is 0 Å². The molecule has 0 aliphatic rings. The van der Waals surface area contributed by atoms with Gasteiger partial charge in [-0.25, -0.2) is 0 Å². The number of amides is 1. The number of hydrogen-bond acceptors (Lipinski definition) is 2. The Balaban J connectivity index is 3.82. The molecule has 0 rings (SSSR count). The van der Waals surface area contributed by atoms with E-state index in [0.29, 0.717) is 12.0 Å². The Morgan fingerprint density at radius 2 is 1.53 bits per heavy atom. The van der Waals surface area contributed by atoms with Gasteiger partial charge in [-0.2, -0.15) is 0 Å². The molecule has 0 saturated heterocycles. The van der Waals surface area contributed by atoms with E-state index in [4.69, 9.17) is 0 Å². The lowest BCUT2D eigenvalue weighted by molar-refractivity contribution is -0.123. The van der Waals surface area contributed by atoms with Crippen molar-refractivity contribution in [2.75, 3.05) is 6.54 Å². The van der Waals surface area contributed by atoms with E-state index in [1.807, 2.05) is 6.92 Å². The molecule has 2 atom stereocenters. The van der Waals surface area contributed by atoms with Crippen molar-refractivity contribution in [3.63, 3.8) is 0 Å². The number of hydrogen-bond donors (Lipinski definition) is 2. The third-order valence-electron chi connectivity index (χ3n) is 2.79. The average Bonchev–Trinajstić information content (AvgIpc) is 2.22. The molecule has 3 nitrogen and oxygen atoms in total. The van der Waals surface area contributed by atoms with Crippen molar-refractivity contribution in [2.45, 2.75) is 66.5 Å². The van der Waals surface area contributed by atoms with Gasteiger partial charge in [0, 0.05) is 12.6 Å². The fourth-order valence-electron chi connectivity index (χ4n) is 1.63. The van der Waals surface area contributed by atoms with Gasteiger partial charge in [-0.15, -0.1) is 0 Å². The van der Waals surface area contributed by atoms with Crippen molar-refractivity contribution in [2.24, 2.45) is 11.8 Å². The third kappa shape index (κ3) is 9.16. The van der Waals surface area contributed by atoms with E-state index < -0.39 is 0 Å². The summed E-state index contributed by atoms with van der Waals surface area (Å²) in [6.07, 6.45) is 2.33. The number of carbonyl (C=O) groups excluding carboxylic acids is 1. The molecule has 0 saturated carbocycles. The van der Waals surface area contributed by atoms with Crippen LogP contribution in [0.2, 0.25) is 0 Å². The minimum Gasteiger partial charge on any atom is -0.354 e. The molecule has 0 aromatic rings. The van der Waals surface area contributed by atoms with E-state index in [9.17, 15) is 4.79 Å². The molecular formula is C14H30N2O. The lowest BCUT2D eigenvalue weighted by Gasteiger charge is -2.20. The van der Waals surface area contributed by atoms with Crippen molar-refractivity contribution < 1.29 is 4.79 Å². The fraction of sp³-hybridized carbons (Fsp3) is 0.929. The van der Waals surface area contributed by atoms with E-state index in [-0.39, 0.29) is 11.9 Å². The zero-order valence-electron chi connectivity index (χ0n) is 12.3. The van der Waals surface area contributed by atoms with Gasteiger partial charge in [0.25, 0.3) is 0 Å². The molecule has 0 aliphatic heterocycles. The fourth-order valence-corrected chi connectivity index (χ4v) is 1.63. The van der Waals surface area contributed by atoms with Gasteiger partial charge in [0.05, 0.1) is 6.04 Å². The molecule has 0 aromatic carbocycles. The van der Waals surface area contributed by atoms with Gasteiger partial charge in [0.15, 0.2) is 0 Å². The van der Waals surface area contributed by atoms with Gasteiger partial charge in [0.2, 0.25) is 5.91 Å². The van der Waals surface area contributed by atoms with Crippen molar-refractivity contribution in [1.29, 1.82) is 0 Å². The van der Waals surface area contributed by atoms with E-state index in [1.165, 1.54) is 6.42 Å². The highest BCUT2D eigenvalue weighted by Gasteiger charge is 2.15. The molecule has 2 N–H and O–H groups in total. The first kappa shape index (κ1) is 16.4. The molecule has 1 amide bonds. The molecule has 0 aliphatic carbocycles. The van der Waals surface area contributed by atoms with Crippen molar-refractivity contribution in [3.8, 4) is 0 Å². The summed E-state index contributed by atoms with van der Waals surface area (Å²) in [6, 6.07) is 0.299. The Hall–Kier alpha value is -0.570. The number of rotatable bonds is 8. The van der Waals surface area contributed by atoms with Gasteiger partial charge in [-0.05, 0) is 38.5 Å². The average molecular weight is 242 g/mol. The maximum Gasteiger partial charge on any atom is 0.236 e. The SMILES string of the molecule is CC(C)CCC(C)NC(C)C(=O)NCC(C)C. The summed E-state index contributed by atoms with van der Waals surface area (Å²) in [6.45, 7) is 13.5. The summed E-state index contributed by atoms with van der Waals surface area (Å²) >= 11 is 0. The van der Waals surface area contributed by atoms with Gasteiger partial charge in [-0.1, -0.05) is 27.7 Å². The summed E-state index contributed by atoms with van der Waals surface area (Å²) in [5, 5.41) is 6.30. The number of carbonyl (C=O) groups is 1. The van der Waals surface area contributed by atoms with Crippen LogP contribution in [-0.4, -0.2) is 24.5 Å². The predicted molar refractivity (Wildman–Crippen MR) is 74.0 cm³/mol. The van der Waals surface area contributed by atoms with Crippen LogP contribution in [0.3, 0.4) is 0 Å². The van der Waals surface area contributed by atoms with E-state index in [2.05, 4.69) is 45.3 Å². The lowest BCUT2D eigenvalue weighted by atomic mass is 10.0. The highest BCUT2D eigenvalue weighted by molar-refractivity contribution is 5.81. The summed E-state index contributed by atoms with van der Waals surface area (Å²) in [5.74, 6) is 1.34. The van der Waals surface area contributed by atoms with Crippen molar-refractivity contribution in [1.82, 2.24) is 10.6 Å². The zero-order chi connectivity index (χ0) is 13.4. The van der Waals surface area contributed by atoms with E-state index in [1.54, 1.807) is 0 Å². The topological polar surface area (TPSA) is 41.1 Å². The second kappa shape index (κ2) is 8.51. The lowest BCUT2D eigenvalue weighted by Crippen LogP contribution is -2.46. The second-order valence-electron chi connectivity index (χ2n) is 5.90. The Labute approximate surface area is 107 Å². The first-order valence-electron chi connectivity index (χ1n) is 6.86. The summed E-state index contributed by atoms with van der Waals surface area (Å²) in [4.78, 5) is 11.7. The smallest absolute Gasteiger partial charge is 0.236 e. The van der Waals surface area contributed by atoms with Crippen LogP contribution in [0.5, 0.6) is 0 Å². The first-order valence-corrected chi connectivity index (χ1v) is 6.86. The first-order chi connectivity index (χ1) is 7.82. The van der Waals surface area contributed by atoms with Crippen LogP contribution in [0.15, 0.2) is 0 Å².